The molecule has 0 radical (unpaired) electrons. The zero-order valence-corrected chi connectivity index (χ0v) is 13.3. The van der Waals surface area contributed by atoms with E-state index in [4.69, 9.17) is 4.74 Å². The van der Waals surface area contributed by atoms with E-state index in [1.54, 1.807) is 0 Å². The van der Waals surface area contributed by atoms with Gasteiger partial charge in [-0.05, 0) is 33.2 Å². The van der Waals surface area contributed by atoms with Crippen LogP contribution in [0.25, 0.3) is 0 Å². The molecule has 110 valence electrons. The Kier molecular flexibility index (Phi) is 11.9. The fourth-order valence-corrected chi connectivity index (χ4v) is 2.53. The van der Waals surface area contributed by atoms with E-state index in [0.717, 1.165) is 6.42 Å². The van der Waals surface area contributed by atoms with Gasteiger partial charge in [0.2, 0.25) is 0 Å². The third-order valence-electron chi connectivity index (χ3n) is 3.69. The highest BCUT2D eigenvalue weighted by molar-refractivity contribution is 4.75. The van der Waals surface area contributed by atoms with E-state index in [9.17, 15) is 0 Å². The number of nitrogens with one attached hydrogen (secondary N) is 1. The Labute approximate surface area is 115 Å². The summed E-state index contributed by atoms with van der Waals surface area (Å²) in [6.07, 6.45) is 10.8. The summed E-state index contributed by atoms with van der Waals surface area (Å²) < 4.78 is 6.22. The Balaban J connectivity index is 3.93. The molecule has 0 rings (SSSR count). The molecule has 0 aliphatic carbocycles. The van der Waals surface area contributed by atoms with Crippen molar-refractivity contribution >= 4 is 0 Å². The van der Waals surface area contributed by atoms with Gasteiger partial charge in [0.25, 0.3) is 0 Å². The van der Waals surface area contributed by atoms with E-state index in [-0.39, 0.29) is 0 Å². The second-order valence-electron chi connectivity index (χ2n) is 5.43. The molecule has 1 N–H and O–H groups in total. The fraction of sp³-hybridized carbons (Fsp3) is 1.00. The largest absolute Gasteiger partial charge is 0.374 e. The Morgan fingerprint density at radius 1 is 0.944 bits per heavy atom. The molecule has 0 spiro atoms. The quantitative estimate of drug-likeness (QED) is 0.519. The summed E-state index contributed by atoms with van der Waals surface area (Å²) in [5.41, 5.74) is 0. The predicted octanol–water partition coefficient (Wildman–Crippen LogP) is 4.53. The van der Waals surface area contributed by atoms with Crippen LogP contribution in [0, 0.1) is 0 Å². The summed E-state index contributed by atoms with van der Waals surface area (Å²) in [5.74, 6) is 0. The summed E-state index contributed by atoms with van der Waals surface area (Å²) in [5, 5.41) is 3.41. The zero-order valence-electron chi connectivity index (χ0n) is 13.3. The first-order chi connectivity index (χ1) is 8.69. The first kappa shape index (κ1) is 17.9. The van der Waals surface area contributed by atoms with Gasteiger partial charge in [-0.1, -0.05) is 52.9 Å². The van der Waals surface area contributed by atoms with Crippen LogP contribution in [0.15, 0.2) is 0 Å². The van der Waals surface area contributed by atoms with Gasteiger partial charge in [-0.15, -0.1) is 0 Å². The number of hydrogen-bond donors (Lipinski definition) is 1. The summed E-state index contributed by atoms with van der Waals surface area (Å²) >= 11 is 0. The number of unbranched alkanes of at least 4 members (excludes halogenated alkanes) is 3. The van der Waals surface area contributed by atoms with Crippen LogP contribution in [-0.4, -0.2) is 25.3 Å². The highest BCUT2D eigenvalue weighted by Gasteiger charge is 2.20. The molecular formula is C16H35NO. The van der Waals surface area contributed by atoms with E-state index >= 15 is 0 Å². The number of ether oxygens (including phenoxy) is 1. The maximum absolute atomic E-state index is 6.22. The van der Waals surface area contributed by atoms with Crippen molar-refractivity contribution in [3.63, 3.8) is 0 Å². The van der Waals surface area contributed by atoms with E-state index in [0.29, 0.717) is 18.2 Å². The van der Waals surface area contributed by atoms with E-state index in [1.165, 1.54) is 44.9 Å². The number of likely N-dealkylation sites (N-methyl/N-ethyl adjacent to an activating group) is 1. The molecule has 3 atom stereocenters. The van der Waals surface area contributed by atoms with Crippen LogP contribution in [0.5, 0.6) is 0 Å². The number of rotatable bonds is 12. The average Bonchev–Trinajstić information content (AvgIpc) is 2.38. The van der Waals surface area contributed by atoms with E-state index in [1.807, 2.05) is 0 Å². The summed E-state index contributed by atoms with van der Waals surface area (Å²) in [7, 11) is 2.05. The standard InChI is InChI=1S/C16H35NO/c1-6-9-10-11-13-14(4)18-16(8-3)15(17-5)12-7-2/h14-17H,6-13H2,1-5H3. The maximum atomic E-state index is 6.22. The molecule has 0 saturated carbocycles. The summed E-state index contributed by atoms with van der Waals surface area (Å²) in [6, 6.07) is 0.512. The maximum Gasteiger partial charge on any atom is 0.0728 e. The van der Waals surface area contributed by atoms with Gasteiger partial charge in [-0.3, -0.25) is 0 Å². The molecule has 2 nitrogen and oxygen atoms in total. The SMILES string of the molecule is CCCCCCC(C)OC(CC)C(CCC)NC. The zero-order chi connectivity index (χ0) is 13.8. The van der Waals surface area contributed by atoms with Gasteiger partial charge in [-0.25, -0.2) is 0 Å². The van der Waals surface area contributed by atoms with Crippen LogP contribution in [0.3, 0.4) is 0 Å². The average molecular weight is 257 g/mol. The molecule has 2 heteroatoms. The highest BCUT2D eigenvalue weighted by atomic mass is 16.5. The Morgan fingerprint density at radius 3 is 2.17 bits per heavy atom. The van der Waals surface area contributed by atoms with Gasteiger partial charge in [0.05, 0.1) is 12.2 Å². The molecule has 0 aliphatic heterocycles. The van der Waals surface area contributed by atoms with Gasteiger partial charge in [0.15, 0.2) is 0 Å². The molecule has 0 aromatic rings. The van der Waals surface area contributed by atoms with Crippen molar-refractivity contribution in [2.24, 2.45) is 0 Å². The molecule has 0 fully saturated rings. The summed E-state index contributed by atoms with van der Waals surface area (Å²) in [4.78, 5) is 0. The minimum Gasteiger partial charge on any atom is -0.374 e. The lowest BCUT2D eigenvalue weighted by molar-refractivity contribution is -0.0291. The Bertz CT molecular complexity index is 172. The van der Waals surface area contributed by atoms with Crippen LogP contribution in [0.4, 0.5) is 0 Å². The Hall–Kier alpha value is -0.0800. The molecule has 0 aliphatic rings. The first-order valence-electron chi connectivity index (χ1n) is 8.02. The first-order valence-corrected chi connectivity index (χ1v) is 8.02. The molecule has 0 saturated heterocycles. The monoisotopic (exact) mass is 257 g/mol. The lowest BCUT2D eigenvalue weighted by atomic mass is 10.0. The minimum absolute atomic E-state index is 0.371. The molecule has 0 aromatic carbocycles. The van der Waals surface area contributed by atoms with Gasteiger partial charge in [0, 0.05) is 6.04 Å². The molecule has 0 aromatic heterocycles. The van der Waals surface area contributed by atoms with Crippen molar-refractivity contribution in [1.82, 2.24) is 5.32 Å². The topological polar surface area (TPSA) is 21.3 Å². The third kappa shape index (κ3) is 8.10. The molecule has 0 heterocycles. The third-order valence-corrected chi connectivity index (χ3v) is 3.69. The van der Waals surface area contributed by atoms with E-state index in [2.05, 4.69) is 40.1 Å². The van der Waals surface area contributed by atoms with Gasteiger partial charge < -0.3 is 10.1 Å². The Morgan fingerprint density at radius 2 is 1.67 bits per heavy atom. The van der Waals surface area contributed by atoms with Gasteiger partial charge in [0.1, 0.15) is 0 Å². The van der Waals surface area contributed by atoms with Crippen molar-refractivity contribution < 1.29 is 4.74 Å². The molecule has 0 amide bonds. The lowest BCUT2D eigenvalue weighted by Crippen LogP contribution is -2.40. The van der Waals surface area contributed by atoms with Crippen molar-refractivity contribution in [3.05, 3.63) is 0 Å². The fourth-order valence-electron chi connectivity index (χ4n) is 2.53. The smallest absolute Gasteiger partial charge is 0.0728 e. The van der Waals surface area contributed by atoms with Crippen LogP contribution in [0.1, 0.15) is 79.1 Å². The van der Waals surface area contributed by atoms with Crippen molar-refractivity contribution in [2.75, 3.05) is 7.05 Å². The van der Waals surface area contributed by atoms with Crippen LogP contribution < -0.4 is 5.32 Å². The lowest BCUT2D eigenvalue weighted by Gasteiger charge is -2.29. The van der Waals surface area contributed by atoms with E-state index < -0.39 is 0 Å². The van der Waals surface area contributed by atoms with Gasteiger partial charge >= 0.3 is 0 Å². The highest BCUT2D eigenvalue weighted by Crippen LogP contribution is 2.15. The van der Waals surface area contributed by atoms with Crippen molar-refractivity contribution in [1.29, 1.82) is 0 Å². The van der Waals surface area contributed by atoms with Crippen LogP contribution in [0.2, 0.25) is 0 Å². The van der Waals surface area contributed by atoms with Crippen LogP contribution >= 0.6 is 0 Å². The van der Waals surface area contributed by atoms with Crippen molar-refractivity contribution in [2.45, 2.75) is 97.3 Å². The molecule has 3 unspecified atom stereocenters. The second-order valence-corrected chi connectivity index (χ2v) is 5.43. The predicted molar refractivity (Wildman–Crippen MR) is 81.1 cm³/mol. The van der Waals surface area contributed by atoms with Gasteiger partial charge in [-0.2, -0.15) is 0 Å². The van der Waals surface area contributed by atoms with Crippen molar-refractivity contribution in [3.8, 4) is 0 Å². The summed E-state index contributed by atoms with van der Waals surface area (Å²) in [6.45, 7) is 8.96. The second kappa shape index (κ2) is 12.0. The number of hydrogen-bond acceptors (Lipinski definition) is 2. The normalized spacial score (nSPS) is 16.5. The molecule has 18 heavy (non-hydrogen) atoms. The van der Waals surface area contributed by atoms with Crippen LogP contribution in [-0.2, 0) is 4.74 Å². The molecular weight excluding hydrogens is 222 g/mol. The molecule has 0 bridgehead atoms. The minimum atomic E-state index is 0.371.